The van der Waals surface area contributed by atoms with E-state index in [0.29, 0.717) is 63.9 Å². The Morgan fingerprint density at radius 1 is 1.03 bits per heavy atom. The van der Waals surface area contributed by atoms with Crippen LogP contribution in [0.3, 0.4) is 0 Å². The van der Waals surface area contributed by atoms with Crippen LogP contribution < -0.4 is 10.2 Å². The van der Waals surface area contributed by atoms with Gasteiger partial charge in [-0.3, -0.25) is 9.59 Å². The standard InChI is InChI=1S/C20H32N6O4S3/c1-33(29,30)26-8-6-15(7-9-26)18(28)24-10-12-25(13-11-24)19-22-23-20(32-19)31-14-17(27)21-16-4-2-3-5-16/h15-16H,2-14H2,1H3,(H,21,27). The van der Waals surface area contributed by atoms with Crippen LogP contribution in [0.1, 0.15) is 38.5 Å². The number of amides is 2. The molecule has 0 spiro atoms. The molecule has 1 aromatic rings. The molecule has 0 radical (unpaired) electrons. The minimum atomic E-state index is -3.18. The molecular weight excluding hydrogens is 484 g/mol. The second-order valence-corrected chi connectivity index (χ2v) is 13.1. The first kappa shape index (κ1) is 24.7. The molecule has 184 valence electrons. The van der Waals surface area contributed by atoms with E-state index in [2.05, 4.69) is 20.4 Å². The van der Waals surface area contributed by atoms with E-state index in [-0.39, 0.29) is 17.7 Å². The number of thioether (sulfide) groups is 1. The summed E-state index contributed by atoms with van der Waals surface area (Å²) in [5.74, 6) is 0.433. The van der Waals surface area contributed by atoms with Gasteiger partial charge in [0.05, 0.1) is 12.0 Å². The van der Waals surface area contributed by atoms with E-state index in [0.717, 1.165) is 22.3 Å². The summed E-state index contributed by atoms with van der Waals surface area (Å²) in [5.41, 5.74) is 0. The number of hydrogen-bond donors (Lipinski definition) is 1. The highest BCUT2D eigenvalue weighted by atomic mass is 32.2. The average Bonchev–Trinajstić information content (AvgIpc) is 3.49. The van der Waals surface area contributed by atoms with Crippen LogP contribution in [0.15, 0.2) is 4.34 Å². The number of sulfonamides is 1. The van der Waals surface area contributed by atoms with Gasteiger partial charge in [-0.25, -0.2) is 12.7 Å². The fourth-order valence-corrected chi connectivity index (χ4v) is 7.24. The van der Waals surface area contributed by atoms with Gasteiger partial charge < -0.3 is 15.1 Å². The summed E-state index contributed by atoms with van der Waals surface area (Å²) < 4.78 is 25.6. The summed E-state index contributed by atoms with van der Waals surface area (Å²) in [6.45, 7) is 3.46. The van der Waals surface area contributed by atoms with Crippen LogP contribution in [-0.4, -0.2) is 97.0 Å². The van der Waals surface area contributed by atoms with Gasteiger partial charge in [0.25, 0.3) is 0 Å². The molecule has 3 heterocycles. The third-order valence-corrected chi connectivity index (χ3v) is 10.00. The first-order chi connectivity index (χ1) is 15.8. The summed E-state index contributed by atoms with van der Waals surface area (Å²) in [5, 5.41) is 12.4. The Balaban J connectivity index is 1.19. The van der Waals surface area contributed by atoms with Crippen LogP contribution in [-0.2, 0) is 19.6 Å². The van der Waals surface area contributed by atoms with Crippen molar-refractivity contribution in [2.24, 2.45) is 5.92 Å². The zero-order valence-corrected chi connectivity index (χ0v) is 21.4. The smallest absolute Gasteiger partial charge is 0.230 e. The monoisotopic (exact) mass is 516 g/mol. The van der Waals surface area contributed by atoms with Gasteiger partial charge in [0.15, 0.2) is 4.34 Å². The number of hydrogen-bond acceptors (Lipinski definition) is 9. The molecule has 1 N–H and O–H groups in total. The van der Waals surface area contributed by atoms with Gasteiger partial charge in [-0.15, -0.1) is 10.2 Å². The number of nitrogens with zero attached hydrogens (tertiary/aromatic N) is 5. The zero-order chi connectivity index (χ0) is 23.4. The number of rotatable bonds is 7. The Morgan fingerprint density at radius 2 is 1.70 bits per heavy atom. The molecule has 0 unspecified atom stereocenters. The summed E-state index contributed by atoms with van der Waals surface area (Å²) in [6, 6.07) is 0.328. The molecule has 2 amide bonds. The highest BCUT2D eigenvalue weighted by molar-refractivity contribution is 8.01. The van der Waals surface area contributed by atoms with Gasteiger partial charge in [0.2, 0.25) is 27.0 Å². The average molecular weight is 517 g/mol. The Morgan fingerprint density at radius 3 is 2.33 bits per heavy atom. The second-order valence-electron chi connectivity index (χ2n) is 8.94. The highest BCUT2D eigenvalue weighted by Gasteiger charge is 2.33. The number of anilines is 1. The molecule has 0 aromatic carbocycles. The van der Waals surface area contributed by atoms with Crippen molar-refractivity contribution in [3.8, 4) is 0 Å². The van der Waals surface area contributed by atoms with Gasteiger partial charge in [0.1, 0.15) is 0 Å². The van der Waals surface area contributed by atoms with Crippen molar-refractivity contribution in [3.63, 3.8) is 0 Å². The molecule has 3 fully saturated rings. The predicted octanol–water partition coefficient (Wildman–Crippen LogP) is 1.01. The van der Waals surface area contributed by atoms with Gasteiger partial charge in [-0.05, 0) is 25.7 Å². The van der Waals surface area contributed by atoms with Crippen molar-refractivity contribution >= 4 is 50.1 Å². The molecule has 1 aromatic heterocycles. The lowest BCUT2D eigenvalue weighted by Crippen LogP contribution is -2.52. The summed E-state index contributed by atoms with van der Waals surface area (Å²) in [7, 11) is -3.18. The maximum atomic E-state index is 12.9. The summed E-state index contributed by atoms with van der Waals surface area (Å²) in [6.07, 6.45) is 6.92. The van der Waals surface area contributed by atoms with Crippen LogP contribution in [0.2, 0.25) is 0 Å². The van der Waals surface area contributed by atoms with Crippen molar-refractivity contribution in [2.75, 3.05) is 56.2 Å². The van der Waals surface area contributed by atoms with Gasteiger partial charge in [0, 0.05) is 51.2 Å². The van der Waals surface area contributed by atoms with E-state index in [1.54, 1.807) is 0 Å². The topological polar surface area (TPSA) is 116 Å². The molecule has 2 saturated heterocycles. The van der Waals surface area contributed by atoms with Crippen LogP contribution in [0.25, 0.3) is 0 Å². The lowest BCUT2D eigenvalue weighted by Gasteiger charge is -2.38. The maximum Gasteiger partial charge on any atom is 0.230 e. The molecule has 33 heavy (non-hydrogen) atoms. The van der Waals surface area contributed by atoms with Crippen molar-refractivity contribution in [1.82, 2.24) is 24.7 Å². The van der Waals surface area contributed by atoms with Crippen LogP contribution in [0.4, 0.5) is 5.13 Å². The normalized spacial score (nSPS) is 21.5. The van der Waals surface area contributed by atoms with E-state index in [9.17, 15) is 18.0 Å². The number of carbonyl (C=O) groups excluding carboxylic acids is 2. The maximum absolute atomic E-state index is 12.9. The van der Waals surface area contributed by atoms with E-state index in [1.807, 2.05) is 4.90 Å². The highest BCUT2D eigenvalue weighted by Crippen LogP contribution is 2.29. The van der Waals surface area contributed by atoms with Crippen LogP contribution in [0.5, 0.6) is 0 Å². The molecule has 1 saturated carbocycles. The second kappa shape index (κ2) is 10.9. The van der Waals surface area contributed by atoms with Gasteiger partial charge >= 0.3 is 0 Å². The largest absolute Gasteiger partial charge is 0.353 e. The fourth-order valence-electron chi connectivity index (χ4n) is 4.67. The Labute approximate surface area is 203 Å². The third-order valence-electron chi connectivity index (χ3n) is 6.58. The number of nitrogens with one attached hydrogen (secondary N) is 1. The lowest BCUT2D eigenvalue weighted by molar-refractivity contribution is -0.137. The number of piperidine rings is 1. The molecule has 3 aliphatic rings. The minimum Gasteiger partial charge on any atom is -0.353 e. The predicted molar refractivity (Wildman–Crippen MR) is 129 cm³/mol. The van der Waals surface area contributed by atoms with E-state index < -0.39 is 10.0 Å². The Kier molecular flexibility index (Phi) is 8.13. The van der Waals surface area contributed by atoms with E-state index in [4.69, 9.17) is 0 Å². The van der Waals surface area contributed by atoms with Gasteiger partial charge in [-0.1, -0.05) is 35.9 Å². The van der Waals surface area contributed by atoms with Crippen molar-refractivity contribution in [1.29, 1.82) is 0 Å². The number of aromatic nitrogens is 2. The molecule has 13 heteroatoms. The number of piperazine rings is 1. The van der Waals surface area contributed by atoms with Crippen LogP contribution >= 0.6 is 23.1 Å². The molecular formula is C20H32N6O4S3. The third kappa shape index (κ3) is 6.58. The lowest BCUT2D eigenvalue weighted by atomic mass is 9.96. The van der Waals surface area contributed by atoms with Crippen molar-refractivity contribution in [2.45, 2.75) is 48.9 Å². The van der Waals surface area contributed by atoms with E-state index >= 15 is 0 Å². The van der Waals surface area contributed by atoms with Crippen molar-refractivity contribution in [3.05, 3.63) is 0 Å². The van der Waals surface area contributed by atoms with Crippen molar-refractivity contribution < 1.29 is 18.0 Å². The SMILES string of the molecule is CS(=O)(=O)N1CCC(C(=O)N2CCN(c3nnc(SCC(=O)NC4CCCC4)s3)CC2)CC1. The summed E-state index contributed by atoms with van der Waals surface area (Å²) >= 11 is 2.90. The van der Waals surface area contributed by atoms with Gasteiger partial charge in [-0.2, -0.15) is 0 Å². The fraction of sp³-hybridized carbons (Fsp3) is 0.800. The quantitative estimate of drug-likeness (QED) is 0.534. The molecule has 4 rings (SSSR count). The van der Waals surface area contributed by atoms with E-state index in [1.165, 1.54) is 46.5 Å². The Bertz CT molecular complexity index is 933. The summed E-state index contributed by atoms with van der Waals surface area (Å²) in [4.78, 5) is 29.1. The molecule has 10 nitrogen and oxygen atoms in total. The molecule has 0 bridgehead atoms. The zero-order valence-electron chi connectivity index (χ0n) is 18.9. The molecule has 1 aliphatic carbocycles. The van der Waals surface area contributed by atoms with Crippen LogP contribution in [0, 0.1) is 5.92 Å². The number of carbonyl (C=O) groups is 2. The molecule has 2 aliphatic heterocycles. The first-order valence-electron chi connectivity index (χ1n) is 11.5. The molecule has 0 atom stereocenters. The first-order valence-corrected chi connectivity index (χ1v) is 15.2. The Hall–Kier alpha value is -1.44. The minimum absolute atomic E-state index is 0.0538.